The van der Waals surface area contributed by atoms with Crippen LogP contribution in [0.5, 0.6) is 0 Å². The molecule has 1 saturated heterocycles. The molecule has 0 spiro atoms. The van der Waals surface area contributed by atoms with E-state index in [1.54, 1.807) is 17.4 Å². The Morgan fingerprint density at radius 2 is 2.09 bits per heavy atom. The third kappa shape index (κ3) is 4.09. The Morgan fingerprint density at radius 3 is 2.78 bits per heavy atom. The Bertz CT molecular complexity index is 670. The van der Waals surface area contributed by atoms with E-state index in [1.165, 1.54) is 11.1 Å². The highest BCUT2D eigenvalue weighted by Crippen LogP contribution is 2.28. The largest absolute Gasteiger partial charge is 0.339 e. The zero-order chi connectivity index (χ0) is 16.1. The first kappa shape index (κ1) is 16.0. The van der Waals surface area contributed by atoms with E-state index in [9.17, 15) is 4.79 Å². The van der Waals surface area contributed by atoms with Crippen molar-refractivity contribution in [1.82, 2.24) is 4.90 Å². The standard InChI is InChI=1S/C19H22N2OS/c20-14-15-3-1-4-17(13-15)16-8-10-21(11-9-16)19(22)7-6-18-5-2-12-23-18/h1-7,12-13,16H,8-11,14,20H2. The maximum Gasteiger partial charge on any atom is 0.246 e. The summed E-state index contributed by atoms with van der Waals surface area (Å²) >= 11 is 1.64. The molecule has 1 aliphatic heterocycles. The Balaban J connectivity index is 1.56. The molecule has 120 valence electrons. The first-order valence-electron chi connectivity index (χ1n) is 8.05. The minimum Gasteiger partial charge on any atom is -0.339 e. The lowest BCUT2D eigenvalue weighted by atomic mass is 9.88. The summed E-state index contributed by atoms with van der Waals surface area (Å²) in [5, 5.41) is 2.02. The van der Waals surface area contributed by atoms with Gasteiger partial charge in [0.2, 0.25) is 5.91 Å². The van der Waals surface area contributed by atoms with Crippen molar-refractivity contribution in [2.75, 3.05) is 13.1 Å². The van der Waals surface area contributed by atoms with Crippen LogP contribution in [-0.2, 0) is 11.3 Å². The van der Waals surface area contributed by atoms with Crippen molar-refractivity contribution in [3.8, 4) is 0 Å². The third-order valence-corrected chi connectivity index (χ3v) is 5.24. The van der Waals surface area contributed by atoms with Crippen LogP contribution in [0.1, 0.15) is 34.8 Å². The summed E-state index contributed by atoms with van der Waals surface area (Å²) in [4.78, 5) is 15.3. The number of piperidine rings is 1. The van der Waals surface area contributed by atoms with Gasteiger partial charge in [0.05, 0.1) is 0 Å². The molecular weight excluding hydrogens is 304 g/mol. The van der Waals surface area contributed by atoms with E-state index < -0.39 is 0 Å². The number of likely N-dealkylation sites (tertiary alicyclic amines) is 1. The molecule has 1 fully saturated rings. The molecule has 0 unspecified atom stereocenters. The molecule has 2 N–H and O–H groups in total. The summed E-state index contributed by atoms with van der Waals surface area (Å²) in [5.41, 5.74) is 8.26. The number of carbonyl (C=O) groups excluding carboxylic acids is 1. The van der Waals surface area contributed by atoms with Crippen LogP contribution in [0.15, 0.2) is 47.9 Å². The lowest BCUT2D eigenvalue weighted by Gasteiger charge is -2.31. The summed E-state index contributed by atoms with van der Waals surface area (Å²) < 4.78 is 0. The molecule has 3 nitrogen and oxygen atoms in total. The predicted molar refractivity (Wildman–Crippen MR) is 96.2 cm³/mol. The molecule has 1 aromatic carbocycles. The second kappa shape index (κ2) is 7.57. The van der Waals surface area contributed by atoms with Gasteiger partial charge >= 0.3 is 0 Å². The molecule has 0 saturated carbocycles. The van der Waals surface area contributed by atoms with Crippen LogP contribution in [0, 0.1) is 0 Å². The highest BCUT2D eigenvalue weighted by molar-refractivity contribution is 7.10. The lowest BCUT2D eigenvalue weighted by molar-refractivity contribution is -0.126. The topological polar surface area (TPSA) is 46.3 Å². The number of thiophene rings is 1. The molecule has 2 aromatic rings. The van der Waals surface area contributed by atoms with Crippen LogP contribution >= 0.6 is 11.3 Å². The maximum absolute atomic E-state index is 12.3. The normalized spacial score (nSPS) is 16.1. The van der Waals surface area contributed by atoms with E-state index in [4.69, 9.17) is 5.73 Å². The van der Waals surface area contributed by atoms with Crippen molar-refractivity contribution in [2.24, 2.45) is 5.73 Å². The monoisotopic (exact) mass is 326 g/mol. The molecule has 0 aliphatic carbocycles. The first-order valence-corrected chi connectivity index (χ1v) is 8.93. The molecule has 1 aliphatic rings. The van der Waals surface area contributed by atoms with Gasteiger partial charge in [-0.3, -0.25) is 4.79 Å². The van der Waals surface area contributed by atoms with Gasteiger partial charge in [0.1, 0.15) is 0 Å². The van der Waals surface area contributed by atoms with Crippen molar-refractivity contribution in [1.29, 1.82) is 0 Å². The van der Waals surface area contributed by atoms with E-state index in [2.05, 4.69) is 24.3 Å². The highest BCUT2D eigenvalue weighted by atomic mass is 32.1. The molecule has 1 aromatic heterocycles. The lowest BCUT2D eigenvalue weighted by Crippen LogP contribution is -2.36. The number of hydrogen-bond acceptors (Lipinski definition) is 3. The third-order valence-electron chi connectivity index (χ3n) is 4.40. The van der Waals surface area contributed by atoms with Gasteiger partial charge in [-0.05, 0) is 47.4 Å². The number of benzene rings is 1. The second-order valence-electron chi connectivity index (χ2n) is 5.90. The molecule has 3 rings (SSSR count). The van der Waals surface area contributed by atoms with E-state index in [1.807, 2.05) is 28.5 Å². The molecule has 23 heavy (non-hydrogen) atoms. The molecule has 4 heteroatoms. The smallest absolute Gasteiger partial charge is 0.246 e. The van der Waals surface area contributed by atoms with Gasteiger partial charge in [-0.25, -0.2) is 0 Å². The number of rotatable bonds is 4. The number of nitrogens with two attached hydrogens (primary N) is 1. The van der Waals surface area contributed by atoms with E-state index in [0.29, 0.717) is 12.5 Å². The first-order chi connectivity index (χ1) is 11.3. The van der Waals surface area contributed by atoms with Gasteiger partial charge in [-0.1, -0.05) is 30.3 Å². The second-order valence-corrected chi connectivity index (χ2v) is 6.88. The predicted octanol–water partition coefficient (Wildman–Crippen LogP) is 3.63. The zero-order valence-electron chi connectivity index (χ0n) is 13.2. The van der Waals surface area contributed by atoms with Crippen LogP contribution in [0.4, 0.5) is 0 Å². The van der Waals surface area contributed by atoms with Crippen molar-refractivity contribution >= 4 is 23.3 Å². The van der Waals surface area contributed by atoms with Gasteiger partial charge in [0, 0.05) is 30.6 Å². The summed E-state index contributed by atoms with van der Waals surface area (Å²) in [7, 11) is 0. The quantitative estimate of drug-likeness (QED) is 0.872. The number of hydrogen-bond donors (Lipinski definition) is 1. The van der Waals surface area contributed by atoms with Crippen molar-refractivity contribution in [2.45, 2.75) is 25.3 Å². The molecule has 1 amide bonds. The fourth-order valence-electron chi connectivity index (χ4n) is 3.05. The van der Waals surface area contributed by atoms with Gasteiger partial charge in [-0.2, -0.15) is 0 Å². The highest BCUT2D eigenvalue weighted by Gasteiger charge is 2.22. The average Bonchev–Trinajstić information content (AvgIpc) is 3.13. The molecule has 0 radical (unpaired) electrons. The minimum absolute atomic E-state index is 0.118. The number of carbonyl (C=O) groups is 1. The van der Waals surface area contributed by atoms with E-state index in [0.717, 1.165) is 30.8 Å². The Morgan fingerprint density at radius 1 is 1.26 bits per heavy atom. The fourth-order valence-corrected chi connectivity index (χ4v) is 3.67. The van der Waals surface area contributed by atoms with Gasteiger partial charge < -0.3 is 10.6 Å². The van der Waals surface area contributed by atoms with Crippen LogP contribution < -0.4 is 5.73 Å². The van der Waals surface area contributed by atoms with E-state index in [-0.39, 0.29) is 5.91 Å². The number of nitrogens with zero attached hydrogens (tertiary/aromatic N) is 1. The van der Waals surface area contributed by atoms with Crippen molar-refractivity contribution in [3.63, 3.8) is 0 Å². The Kier molecular flexibility index (Phi) is 5.26. The molecular formula is C19H22N2OS. The van der Waals surface area contributed by atoms with Gasteiger partial charge in [0.15, 0.2) is 0 Å². The number of amides is 1. The molecule has 0 bridgehead atoms. The van der Waals surface area contributed by atoms with Gasteiger partial charge in [-0.15, -0.1) is 11.3 Å². The summed E-state index contributed by atoms with van der Waals surface area (Å²) in [6.45, 7) is 2.23. The summed E-state index contributed by atoms with van der Waals surface area (Å²) in [6.07, 6.45) is 5.64. The van der Waals surface area contributed by atoms with E-state index >= 15 is 0 Å². The van der Waals surface area contributed by atoms with Crippen LogP contribution in [0.25, 0.3) is 6.08 Å². The fraction of sp³-hybridized carbons (Fsp3) is 0.316. The average molecular weight is 326 g/mol. The zero-order valence-corrected chi connectivity index (χ0v) is 14.0. The van der Waals surface area contributed by atoms with Crippen molar-refractivity contribution < 1.29 is 4.79 Å². The summed E-state index contributed by atoms with van der Waals surface area (Å²) in [6, 6.07) is 12.5. The maximum atomic E-state index is 12.3. The Labute approximate surface area is 141 Å². The van der Waals surface area contributed by atoms with Crippen molar-refractivity contribution in [3.05, 3.63) is 63.9 Å². The van der Waals surface area contributed by atoms with Crippen LogP contribution in [-0.4, -0.2) is 23.9 Å². The molecule has 0 atom stereocenters. The summed E-state index contributed by atoms with van der Waals surface area (Å²) in [5.74, 6) is 0.652. The minimum atomic E-state index is 0.118. The SMILES string of the molecule is NCc1cccc(C2CCN(C(=O)C=Cc3cccs3)CC2)c1. The van der Waals surface area contributed by atoms with Crippen LogP contribution in [0.3, 0.4) is 0 Å². The van der Waals surface area contributed by atoms with Crippen LogP contribution in [0.2, 0.25) is 0 Å². The van der Waals surface area contributed by atoms with Gasteiger partial charge in [0.25, 0.3) is 0 Å². The molecule has 2 heterocycles. The Hall–Kier alpha value is -1.91.